The van der Waals surface area contributed by atoms with Gasteiger partial charge in [0.05, 0.1) is 6.54 Å². The van der Waals surface area contributed by atoms with E-state index in [1.807, 2.05) is 0 Å². The van der Waals surface area contributed by atoms with Crippen molar-refractivity contribution in [2.45, 2.75) is 58.9 Å². The minimum atomic E-state index is -0.252. The second-order valence-corrected chi connectivity index (χ2v) is 7.47. The number of oxazole rings is 1. The first-order valence-electron chi connectivity index (χ1n) is 10.3. The number of halogens is 1. The third-order valence-corrected chi connectivity index (χ3v) is 4.84. The van der Waals surface area contributed by atoms with E-state index in [2.05, 4.69) is 24.1 Å². The molecule has 1 aromatic carbocycles. The van der Waals surface area contributed by atoms with Gasteiger partial charge >= 0.3 is 0 Å². The Bertz CT molecular complexity index is 774. The van der Waals surface area contributed by atoms with Crippen molar-refractivity contribution in [1.82, 2.24) is 15.2 Å². The standard InChI is InChI=1S/C22H30ClN3O3/c1-3-5-7-13-24-21(27)19-16-29-20(25-19)15-26(14-8-6-4-2)22(28)17-9-11-18(23)12-10-17/h9-12,16H,3-8,13-15H2,1-2H3,(H,24,27). The number of unbranched alkanes of at least 4 members (excludes halogenated alkanes) is 4. The van der Waals surface area contributed by atoms with Crippen LogP contribution in [0, 0.1) is 0 Å². The molecule has 158 valence electrons. The van der Waals surface area contributed by atoms with Crippen LogP contribution in [-0.2, 0) is 6.54 Å². The lowest BCUT2D eigenvalue weighted by atomic mass is 10.1. The van der Waals surface area contributed by atoms with Crippen molar-refractivity contribution in [2.75, 3.05) is 13.1 Å². The van der Waals surface area contributed by atoms with E-state index in [0.29, 0.717) is 29.6 Å². The van der Waals surface area contributed by atoms with Crippen molar-refractivity contribution in [3.05, 3.63) is 52.7 Å². The average molecular weight is 420 g/mol. The molecule has 7 heteroatoms. The number of benzene rings is 1. The molecule has 0 spiro atoms. The summed E-state index contributed by atoms with van der Waals surface area (Å²) in [6, 6.07) is 6.82. The van der Waals surface area contributed by atoms with Gasteiger partial charge in [0.1, 0.15) is 6.26 Å². The van der Waals surface area contributed by atoms with Crippen LogP contribution in [0.5, 0.6) is 0 Å². The number of amides is 2. The van der Waals surface area contributed by atoms with Crippen LogP contribution >= 0.6 is 11.6 Å². The Morgan fingerprint density at radius 1 is 1.07 bits per heavy atom. The highest BCUT2D eigenvalue weighted by molar-refractivity contribution is 6.30. The van der Waals surface area contributed by atoms with Crippen LogP contribution < -0.4 is 5.32 Å². The van der Waals surface area contributed by atoms with Crippen molar-refractivity contribution in [3.63, 3.8) is 0 Å². The summed E-state index contributed by atoms with van der Waals surface area (Å²) in [6.07, 6.45) is 7.44. The number of hydrogen-bond donors (Lipinski definition) is 1. The van der Waals surface area contributed by atoms with Crippen LogP contribution in [0.3, 0.4) is 0 Å². The van der Waals surface area contributed by atoms with Gasteiger partial charge < -0.3 is 14.6 Å². The fraction of sp³-hybridized carbons (Fsp3) is 0.500. The van der Waals surface area contributed by atoms with Gasteiger partial charge in [0.25, 0.3) is 11.8 Å². The molecule has 0 radical (unpaired) electrons. The van der Waals surface area contributed by atoms with Crippen molar-refractivity contribution in [2.24, 2.45) is 0 Å². The van der Waals surface area contributed by atoms with E-state index in [1.165, 1.54) is 6.26 Å². The Morgan fingerprint density at radius 3 is 2.45 bits per heavy atom. The lowest BCUT2D eigenvalue weighted by Gasteiger charge is -2.21. The molecule has 1 heterocycles. The fourth-order valence-electron chi connectivity index (χ4n) is 2.90. The minimum Gasteiger partial charge on any atom is -0.446 e. The van der Waals surface area contributed by atoms with Crippen LogP contribution in [0.1, 0.15) is 79.1 Å². The summed E-state index contributed by atoms with van der Waals surface area (Å²) in [7, 11) is 0. The summed E-state index contributed by atoms with van der Waals surface area (Å²) >= 11 is 5.93. The Balaban J connectivity index is 2.02. The summed E-state index contributed by atoms with van der Waals surface area (Å²) in [5, 5.41) is 3.43. The van der Waals surface area contributed by atoms with E-state index < -0.39 is 0 Å². The van der Waals surface area contributed by atoms with E-state index in [0.717, 1.165) is 38.5 Å². The third kappa shape index (κ3) is 7.54. The van der Waals surface area contributed by atoms with Gasteiger partial charge in [0.15, 0.2) is 5.69 Å². The SMILES string of the molecule is CCCCCNC(=O)c1coc(CN(CCCCC)C(=O)c2ccc(Cl)cc2)n1. The highest BCUT2D eigenvalue weighted by Gasteiger charge is 2.19. The van der Waals surface area contributed by atoms with Gasteiger partial charge in [0.2, 0.25) is 5.89 Å². The maximum atomic E-state index is 12.9. The topological polar surface area (TPSA) is 75.4 Å². The summed E-state index contributed by atoms with van der Waals surface area (Å²) in [4.78, 5) is 31.1. The number of rotatable bonds is 12. The van der Waals surface area contributed by atoms with E-state index in [4.69, 9.17) is 16.0 Å². The fourth-order valence-corrected chi connectivity index (χ4v) is 3.02. The summed E-state index contributed by atoms with van der Waals surface area (Å²) in [5.74, 6) is -0.0123. The number of carbonyl (C=O) groups is 2. The molecular weight excluding hydrogens is 390 g/mol. The molecule has 0 atom stereocenters. The highest BCUT2D eigenvalue weighted by atomic mass is 35.5. The van der Waals surface area contributed by atoms with Crippen LogP contribution in [0.4, 0.5) is 0 Å². The van der Waals surface area contributed by atoms with Gasteiger partial charge in [-0.1, -0.05) is 51.1 Å². The van der Waals surface area contributed by atoms with Crippen LogP contribution in [0.15, 0.2) is 34.9 Å². The molecule has 2 rings (SSSR count). The Kier molecular flexibility index (Phi) is 9.71. The largest absolute Gasteiger partial charge is 0.446 e. The number of hydrogen-bond acceptors (Lipinski definition) is 4. The molecule has 0 aliphatic heterocycles. The predicted molar refractivity (Wildman–Crippen MR) is 114 cm³/mol. The molecule has 0 bridgehead atoms. The normalized spacial score (nSPS) is 10.7. The maximum absolute atomic E-state index is 12.9. The molecule has 0 saturated carbocycles. The molecule has 29 heavy (non-hydrogen) atoms. The van der Waals surface area contributed by atoms with Gasteiger partial charge in [-0.3, -0.25) is 9.59 Å². The van der Waals surface area contributed by atoms with Crippen molar-refractivity contribution < 1.29 is 14.0 Å². The van der Waals surface area contributed by atoms with Crippen molar-refractivity contribution in [3.8, 4) is 0 Å². The number of nitrogens with zero attached hydrogens (tertiary/aromatic N) is 2. The Labute approximate surface area is 177 Å². The van der Waals surface area contributed by atoms with E-state index in [9.17, 15) is 9.59 Å². The highest BCUT2D eigenvalue weighted by Crippen LogP contribution is 2.15. The molecule has 0 aliphatic rings. The van der Waals surface area contributed by atoms with E-state index >= 15 is 0 Å². The van der Waals surface area contributed by atoms with Crippen LogP contribution in [-0.4, -0.2) is 34.8 Å². The molecule has 1 N–H and O–H groups in total. The molecule has 2 amide bonds. The smallest absolute Gasteiger partial charge is 0.273 e. The molecular formula is C22H30ClN3O3. The first-order valence-corrected chi connectivity index (χ1v) is 10.7. The van der Waals surface area contributed by atoms with Gasteiger partial charge in [0, 0.05) is 23.7 Å². The quantitative estimate of drug-likeness (QED) is 0.486. The summed E-state index contributed by atoms with van der Waals surface area (Å²) in [6.45, 7) is 5.66. The van der Waals surface area contributed by atoms with Crippen LogP contribution in [0.25, 0.3) is 0 Å². The van der Waals surface area contributed by atoms with Gasteiger partial charge in [-0.15, -0.1) is 0 Å². The zero-order valence-corrected chi connectivity index (χ0v) is 18.0. The van der Waals surface area contributed by atoms with E-state index in [1.54, 1.807) is 29.2 Å². The molecule has 0 aliphatic carbocycles. The molecule has 0 fully saturated rings. The first kappa shape index (κ1) is 22.9. The second kappa shape index (κ2) is 12.3. The van der Waals surface area contributed by atoms with Gasteiger partial charge in [-0.05, 0) is 37.1 Å². The number of carbonyl (C=O) groups excluding carboxylic acids is 2. The summed E-state index contributed by atoms with van der Waals surface area (Å²) < 4.78 is 5.47. The predicted octanol–water partition coefficient (Wildman–Crippen LogP) is 5.08. The third-order valence-electron chi connectivity index (χ3n) is 4.59. The van der Waals surface area contributed by atoms with Gasteiger partial charge in [-0.25, -0.2) is 4.98 Å². The molecule has 2 aromatic rings. The van der Waals surface area contributed by atoms with Gasteiger partial charge in [-0.2, -0.15) is 0 Å². The monoisotopic (exact) mass is 419 g/mol. The van der Waals surface area contributed by atoms with Crippen molar-refractivity contribution >= 4 is 23.4 Å². The number of aromatic nitrogens is 1. The lowest BCUT2D eigenvalue weighted by molar-refractivity contribution is 0.0725. The Morgan fingerprint density at radius 2 is 1.76 bits per heavy atom. The molecule has 0 saturated heterocycles. The number of nitrogens with one attached hydrogen (secondary N) is 1. The molecule has 6 nitrogen and oxygen atoms in total. The van der Waals surface area contributed by atoms with Crippen molar-refractivity contribution in [1.29, 1.82) is 0 Å². The maximum Gasteiger partial charge on any atom is 0.273 e. The first-order chi connectivity index (χ1) is 14.0. The zero-order chi connectivity index (χ0) is 21.1. The summed E-state index contributed by atoms with van der Waals surface area (Å²) in [5.41, 5.74) is 0.801. The Hall–Kier alpha value is -2.34. The minimum absolute atomic E-state index is 0.110. The molecule has 0 unspecified atom stereocenters. The average Bonchev–Trinajstić information content (AvgIpc) is 3.19. The second-order valence-electron chi connectivity index (χ2n) is 7.03. The zero-order valence-electron chi connectivity index (χ0n) is 17.2. The lowest BCUT2D eigenvalue weighted by Crippen LogP contribution is -2.32. The van der Waals surface area contributed by atoms with E-state index in [-0.39, 0.29) is 24.1 Å². The van der Waals surface area contributed by atoms with Crippen LogP contribution in [0.2, 0.25) is 5.02 Å². The molecule has 1 aromatic heterocycles.